The Morgan fingerprint density at radius 1 is 1.14 bits per heavy atom. The molecule has 0 bridgehead atoms. The van der Waals surface area contributed by atoms with E-state index in [1.807, 2.05) is 42.5 Å². The molecule has 0 N–H and O–H groups in total. The van der Waals surface area contributed by atoms with Gasteiger partial charge in [0, 0.05) is 12.3 Å². The highest BCUT2D eigenvalue weighted by atomic mass is 32.2. The van der Waals surface area contributed by atoms with Crippen LogP contribution in [0.5, 0.6) is 0 Å². The van der Waals surface area contributed by atoms with Crippen molar-refractivity contribution in [3.63, 3.8) is 0 Å². The van der Waals surface area contributed by atoms with Gasteiger partial charge in [0.15, 0.2) is 0 Å². The summed E-state index contributed by atoms with van der Waals surface area (Å²) in [7, 11) is -3.85. The molecule has 0 saturated heterocycles. The Balaban J connectivity index is 2.42. The maximum Gasteiger partial charge on any atom is 0.358 e. The Bertz CT molecular complexity index is 846. The number of benzene rings is 2. The van der Waals surface area contributed by atoms with Crippen molar-refractivity contribution in [2.45, 2.75) is 0 Å². The van der Waals surface area contributed by atoms with Crippen LogP contribution in [0.4, 0.5) is 0 Å². The monoisotopic (exact) mass is 303 g/mol. The van der Waals surface area contributed by atoms with Gasteiger partial charge < -0.3 is 0 Å². The van der Waals surface area contributed by atoms with Crippen molar-refractivity contribution in [2.75, 3.05) is 6.26 Å². The van der Waals surface area contributed by atoms with E-state index in [2.05, 4.69) is 0 Å². The second-order valence-corrected chi connectivity index (χ2v) is 6.42. The molecule has 21 heavy (non-hydrogen) atoms. The predicted molar refractivity (Wildman–Crippen MR) is 82.9 cm³/mol. The summed E-state index contributed by atoms with van der Waals surface area (Å²) < 4.78 is 22.6. The van der Waals surface area contributed by atoms with Crippen molar-refractivity contribution in [3.8, 4) is 0 Å². The van der Waals surface area contributed by atoms with Gasteiger partial charge in [-0.05, 0) is 16.3 Å². The van der Waals surface area contributed by atoms with Crippen molar-refractivity contribution in [1.82, 2.24) is 0 Å². The molecule has 2 aromatic rings. The zero-order valence-corrected chi connectivity index (χ0v) is 12.1. The van der Waals surface area contributed by atoms with Gasteiger partial charge in [0.1, 0.15) is 0 Å². The smallest absolute Gasteiger partial charge is 0.258 e. The summed E-state index contributed by atoms with van der Waals surface area (Å²) in [5.74, 6) is 0. The second kappa shape index (κ2) is 5.88. The van der Waals surface area contributed by atoms with E-state index in [-0.39, 0.29) is 0 Å². The van der Waals surface area contributed by atoms with Crippen molar-refractivity contribution in [3.05, 3.63) is 75.3 Å². The Kier molecular flexibility index (Phi) is 4.18. The number of sulfone groups is 1. The van der Waals surface area contributed by atoms with Gasteiger partial charge >= 0.3 is 5.03 Å². The van der Waals surface area contributed by atoms with Crippen molar-refractivity contribution in [2.24, 2.45) is 0 Å². The van der Waals surface area contributed by atoms with Crippen LogP contribution in [-0.2, 0) is 9.84 Å². The Morgan fingerprint density at radius 3 is 2.48 bits per heavy atom. The average Bonchev–Trinajstić information content (AvgIpc) is 2.42. The normalized spacial score (nSPS) is 12.9. The molecular weight excluding hydrogens is 290 g/mol. The first-order valence-corrected chi connectivity index (χ1v) is 7.99. The lowest BCUT2D eigenvalue weighted by molar-refractivity contribution is -0.411. The van der Waals surface area contributed by atoms with Crippen LogP contribution in [-0.4, -0.2) is 19.6 Å². The quantitative estimate of drug-likeness (QED) is 0.494. The van der Waals surface area contributed by atoms with Crippen LogP contribution in [0.25, 0.3) is 16.8 Å². The van der Waals surface area contributed by atoms with Gasteiger partial charge in [-0.15, -0.1) is 0 Å². The summed E-state index contributed by atoms with van der Waals surface area (Å²) in [6, 6.07) is 13.4. The van der Waals surface area contributed by atoms with E-state index < -0.39 is 19.8 Å². The number of hydrogen-bond acceptors (Lipinski definition) is 4. The molecule has 5 nitrogen and oxygen atoms in total. The molecule has 0 saturated carbocycles. The highest BCUT2D eigenvalue weighted by Gasteiger charge is 2.22. The van der Waals surface area contributed by atoms with Gasteiger partial charge in [-0.3, -0.25) is 10.1 Å². The summed E-state index contributed by atoms with van der Waals surface area (Å²) >= 11 is 0. The van der Waals surface area contributed by atoms with Crippen LogP contribution in [0.1, 0.15) is 5.56 Å². The first kappa shape index (κ1) is 14.9. The summed E-state index contributed by atoms with van der Waals surface area (Å²) in [6.45, 7) is 0. The number of fused-ring (bicyclic) bond motifs is 1. The van der Waals surface area contributed by atoms with E-state index in [0.717, 1.165) is 28.7 Å². The molecule has 108 valence electrons. The largest absolute Gasteiger partial charge is 0.358 e. The standard InChI is InChI=1S/C15H13NO4S/c1-21(19,20)15(16(17)18)11-5-9-13-8-4-7-12-6-2-3-10-14(12)13/h2-11H,1H3/b9-5+,15-11-. The molecule has 2 rings (SSSR count). The fraction of sp³-hybridized carbons (Fsp3) is 0.0667. The fourth-order valence-corrected chi connectivity index (χ4v) is 2.55. The Hall–Kier alpha value is -2.47. The minimum absolute atomic E-state index is 0.813. The van der Waals surface area contributed by atoms with E-state index >= 15 is 0 Å². The van der Waals surface area contributed by atoms with Crippen LogP contribution >= 0.6 is 0 Å². The van der Waals surface area contributed by atoms with Crippen LogP contribution in [0.2, 0.25) is 0 Å². The van der Waals surface area contributed by atoms with Crippen LogP contribution < -0.4 is 0 Å². The number of hydrogen-bond donors (Lipinski definition) is 0. The summed E-state index contributed by atoms with van der Waals surface area (Å²) in [4.78, 5) is 9.83. The van der Waals surface area contributed by atoms with Crippen molar-refractivity contribution < 1.29 is 13.3 Å². The molecule has 0 aromatic heterocycles. The van der Waals surface area contributed by atoms with Crippen molar-refractivity contribution >= 4 is 26.7 Å². The fourth-order valence-electron chi connectivity index (χ4n) is 1.95. The minimum Gasteiger partial charge on any atom is -0.258 e. The van der Waals surface area contributed by atoms with Gasteiger partial charge in [0.05, 0.1) is 4.92 Å². The van der Waals surface area contributed by atoms with Gasteiger partial charge in [-0.2, -0.15) is 0 Å². The van der Waals surface area contributed by atoms with Gasteiger partial charge in [0.2, 0.25) is 9.84 Å². The Labute approximate surface area is 122 Å². The third kappa shape index (κ3) is 3.55. The molecular formula is C15H13NO4S. The molecule has 0 aliphatic carbocycles. The summed E-state index contributed by atoms with van der Waals surface area (Å²) in [6.07, 6.45) is 4.84. The third-order valence-electron chi connectivity index (χ3n) is 2.90. The molecule has 0 spiro atoms. The molecule has 0 atom stereocenters. The molecule has 0 amide bonds. The first-order chi connectivity index (χ1) is 9.89. The van der Waals surface area contributed by atoms with Gasteiger partial charge in [-0.1, -0.05) is 54.6 Å². The second-order valence-electron chi connectivity index (χ2n) is 4.46. The van der Waals surface area contributed by atoms with E-state index in [4.69, 9.17) is 0 Å². The maximum absolute atomic E-state index is 11.3. The summed E-state index contributed by atoms with van der Waals surface area (Å²) in [5.41, 5.74) is 0.862. The van der Waals surface area contributed by atoms with E-state index in [9.17, 15) is 18.5 Å². The molecule has 0 aliphatic rings. The molecule has 2 aromatic carbocycles. The lowest BCUT2D eigenvalue weighted by Gasteiger charge is -2.00. The van der Waals surface area contributed by atoms with E-state index in [1.165, 1.54) is 6.08 Å². The van der Waals surface area contributed by atoms with Crippen LogP contribution in [0.3, 0.4) is 0 Å². The average molecular weight is 303 g/mol. The van der Waals surface area contributed by atoms with Crippen LogP contribution in [0.15, 0.2) is 59.6 Å². The number of rotatable bonds is 4. The number of nitro groups is 1. The first-order valence-electron chi connectivity index (χ1n) is 6.10. The SMILES string of the molecule is CS(=O)(=O)/C(=C\C=C\c1cccc2ccccc12)[N+](=O)[O-]. The molecule has 0 aliphatic heterocycles. The third-order valence-corrected chi connectivity index (χ3v) is 3.94. The van der Waals surface area contributed by atoms with Crippen molar-refractivity contribution in [1.29, 1.82) is 0 Å². The van der Waals surface area contributed by atoms with Gasteiger partial charge in [-0.25, -0.2) is 8.42 Å². The predicted octanol–water partition coefficient (Wildman–Crippen LogP) is 3.02. The van der Waals surface area contributed by atoms with Crippen LogP contribution in [0, 0.1) is 10.1 Å². The molecule has 0 fully saturated rings. The topological polar surface area (TPSA) is 77.3 Å². The van der Waals surface area contributed by atoms with E-state index in [0.29, 0.717) is 0 Å². The lowest BCUT2D eigenvalue weighted by atomic mass is 10.0. The summed E-state index contributed by atoms with van der Waals surface area (Å²) in [5, 5.41) is 11.9. The van der Waals surface area contributed by atoms with Gasteiger partial charge in [0.25, 0.3) is 0 Å². The molecule has 0 radical (unpaired) electrons. The highest BCUT2D eigenvalue weighted by molar-refractivity contribution is 7.94. The Morgan fingerprint density at radius 2 is 1.81 bits per heavy atom. The lowest BCUT2D eigenvalue weighted by Crippen LogP contribution is -2.09. The molecule has 6 heteroatoms. The zero-order valence-electron chi connectivity index (χ0n) is 11.3. The molecule has 0 unspecified atom stereocenters. The highest BCUT2D eigenvalue weighted by Crippen LogP contribution is 2.19. The number of allylic oxidation sites excluding steroid dienone is 2. The minimum atomic E-state index is -3.85. The maximum atomic E-state index is 11.3. The number of nitrogens with zero attached hydrogens (tertiary/aromatic N) is 1. The van der Waals surface area contributed by atoms with E-state index in [1.54, 1.807) is 6.08 Å². The zero-order chi connectivity index (χ0) is 15.5. The molecule has 0 heterocycles.